The molecule has 1 aromatic heterocycles. The van der Waals surface area contributed by atoms with Crippen LogP contribution in [0.3, 0.4) is 0 Å². The summed E-state index contributed by atoms with van der Waals surface area (Å²) in [5.41, 5.74) is 4.90. The van der Waals surface area contributed by atoms with Crippen molar-refractivity contribution in [1.82, 2.24) is 9.47 Å². The van der Waals surface area contributed by atoms with Gasteiger partial charge in [0.15, 0.2) is 0 Å². The second kappa shape index (κ2) is 12.6. The van der Waals surface area contributed by atoms with Gasteiger partial charge < -0.3 is 19.7 Å². The van der Waals surface area contributed by atoms with Crippen LogP contribution in [0.5, 0.6) is 0 Å². The number of nitrogens with zero attached hydrogens (tertiary/aromatic N) is 3. The van der Waals surface area contributed by atoms with E-state index in [9.17, 15) is 14.6 Å². The van der Waals surface area contributed by atoms with Crippen LogP contribution in [-0.2, 0) is 0 Å². The van der Waals surface area contributed by atoms with Crippen molar-refractivity contribution < 1.29 is 14.6 Å². The number of aliphatic hydroxyl groups excluding tert-OH is 2. The minimum atomic E-state index is -0.836. The van der Waals surface area contributed by atoms with Crippen molar-refractivity contribution in [1.29, 1.82) is 0 Å². The maximum Gasteiger partial charge on any atom is 0.123 e. The van der Waals surface area contributed by atoms with E-state index < -0.39 is 12.2 Å². The summed E-state index contributed by atoms with van der Waals surface area (Å²) in [5, 5.41) is 23.5. The lowest BCUT2D eigenvalue weighted by Crippen LogP contribution is -2.42. The third-order valence-electron chi connectivity index (χ3n) is 9.87. The van der Waals surface area contributed by atoms with Crippen molar-refractivity contribution in [3.8, 4) is 11.1 Å². The molecule has 2 N–H and O–H groups in total. The molecule has 0 amide bonds. The molecule has 0 radical (unpaired) electrons. The molecule has 234 valence electrons. The van der Waals surface area contributed by atoms with Crippen LogP contribution in [-0.4, -0.2) is 49.8 Å². The van der Waals surface area contributed by atoms with Crippen molar-refractivity contribution in [3.63, 3.8) is 0 Å². The number of aliphatic imine (C=N–C) groups is 1. The average Bonchev–Trinajstić information content (AvgIpc) is 3.91. The molecule has 1 aliphatic heterocycles. The van der Waals surface area contributed by atoms with Crippen LogP contribution < -0.4 is 0 Å². The molecular formula is C38H48FN3O2. The average molecular weight is 598 g/mol. The number of amidine groups is 1. The summed E-state index contributed by atoms with van der Waals surface area (Å²) in [6, 6.07) is 15.7. The molecular weight excluding hydrogens is 549 g/mol. The number of aromatic nitrogens is 1. The standard InChI is InChI=1S/C38H48FN3O2/c1-23(2)41-34-9-7-6-8-33(34)37(27-14-16-30(39)17-15-27)35(41)19-18-31(43)22-32(44)21-25(4)42(36-20-24(3)26(5)40-36)38(28-10-11-28)29-12-13-29/h6-9,14-19,23-24,26,28-29,31-32,38,43-44H,4,10-13,20-22H2,1-3,5H3/b19-18+/t24?,26?,31-,32+/m0/s1. The second-order valence-electron chi connectivity index (χ2n) is 13.8. The molecule has 6 heteroatoms. The van der Waals surface area contributed by atoms with Gasteiger partial charge in [0.05, 0.1) is 18.2 Å². The quantitative estimate of drug-likeness (QED) is 0.221. The number of hydrogen-bond acceptors (Lipinski definition) is 4. The van der Waals surface area contributed by atoms with Gasteiger partial charge >= 0.3 is 0 Å². The number of benzene rings is 2. The Hall–Kier alpha value is -3.22. The van der Waals surface area contributed by atoms with Gasteiger partial charge in [0.1, 0.15) is 11.7 Å². The van der Waals surface area contributed by atoms with Crippen molar-refractivity contribution in [2.75, 3.05) is 0 Å². The van der Waals surface area contributed by atoms with Gasteiger partial charge in [0.25, 0.3) is 0 Å². The molecule has 2 aliphatic carbocycles. The lowest BCUT2D eigenvalue weighted by Gasteiger charge is -2.36. The van der Waals surface area contributed by atoms with Crippen LogP contribution in [0.1, 0.15) is 84.4 Å². The Morgan fingerprint density at radius 1 is 1.05 bits per heavy atom. The Labute approximate surface area is 261 Å². The van der Waals surface area contributed by atoms with E-state index in [0.29, 0.717) is 36.3 Å². The molecule has 2 saturated carbocycles. The van der Waals surface area contributed by atoms with Gasteiger partial charge in [-0.1, -0.05) is 49.9 Å². The van der Waals surface area contributed by atoms with Crippen LogP contribution >= 0.6 is 0 Å². The molecule has 0 spiro atoms. The molecule has 6 rings (SSSR count). The van der Waals surface area contributed by atoms with Gasteiger partial charge in [-0.25, -0.2) is 4.39 Å². The van der Waals surface area contributed by atoms with E-state index in [1.54, 1.807) is 6.08 Å². The van der Waals surface area contributed by atoms with E-state index in [0.717, 1.165) is 45.7 Å². The first kappa shape index (κ1) is 30.8. The first-order chi connectivity index (χ1) is 21.1. The fourth-order valence-corrected chi connectivity index (χ4v) is 7.22. The largest absolute Gasteiger partial charge is 0.393 e. The summed E-state index contributed by atoms with van der Waals surface area (Å²) >= 11 is 0. The van der Waals surface area contributed by atoms with E-state index >= 15 is 0 Å². The summed E-state index contributed by atoms with van der Waals surface area (Å²) in [6.45, 7) is 13.2. The smallest absolute Gasteiger partial charge is 0.123 e. The predicted octanol–water partition coefficient (Wildman–Crippen LogP) is 8.37. The molecule has 4 atom stereocenters. The van der Waals surface area contributed by atoms with Gasteiger partial charge in [0, 0.05) is 59.2 Å². The summed E-state index contributed by atoms with van der Waals surface area (Å²) in [6.07, 6.45) is 8.83. The number of aliphatic hydroxyl groups is 2. The van der Waals surface area contributed by atoms with Gasteiger partial charge in [0.2, 0.25) is 0 Å². The lowest BCUT2D eigenvalue weighted by molar-refractivity contribution is 0.0986. The zero-order valence-electron chi connectivity index (χ0n) is 26.7. The van der Waals surface area contributed by atoms with Crippen molar-refractivity contribution in [2.24, 2.45) is 22.7 Å². The van der Waals surface area contributed by atoms with Crippen molar-refractivity contribution in [3.05, 3.63) is 78.4 Å². The van der Waals surface area contributed by atoms with Crippen LogP contribution in [0.25, 0.3) is 28.1 Å². The SMILES string of the molecule is C=C(C[C@@H](O)C[C@@H](O)/C=C/c1c(-c2ccc(F)cc2)c2ccccc2n1C(C)C)N(C1=NC(C)C(C)C1)C(C1CC1)C1CC1. The predicted molar refractivity (Wildman–Crippen MR) is 179 cm³/mol. The van der Waals surface area contributed by atoms with E-state index in [1.165, 1.54) is 37.8 Å². The van der Waals surface area contributed by atoms with Crippen molar-refractivity contribution in [2.45, 2.75) is 103 Å². The number of para-hydroxylation sites is 1. The highest BCUT2D eigenvalue weighted by atomic mass is 19.1. The fourth-order valence-electron chi connectivity index (χ4n) is 7.22. The molecule has 2 heterocycles. The molecule has 3 aromatic rings. The normalized spacial score (nSPS) is 21.9. The maximum absolute atomic E-state index is 13.8. The van der Waals surface area contributed by atoms with Crippen molar-refractivity contribution >= 4 is 22.8 Å². The second-order valence-corrected chi connectivity index (χ2v) is 13.8. The molecule has 0 bridgehead atoms. The maximum atomic E-state index is 13.8. The molecule has 2 unspecified atom stereocenters. The zero-order chi connectivity index (χ0) is 31.1. The Balaban J connectivity index is 1.21. The Kier molecular flexibility index (Phi) is 8.85. The first-order valence-electron chi connectivity index (χ1n) is 16.6. The third-order valence-corrected chi connectivity index (χ3v) is 9.87. The fraction of sp³-hybridized carbons (Fsp3) is 0.500. The lowest BCUT2D eigenvalue weighted by atomic mass is 9.98. The van der Waals surface area contributed by atoms with E-state index in [2.05, 4.69) is 55.9 Å². The van der Waals surface area contributed by atoms with E-state index in [-0.39, 0.29) is 18.3 Å². The Morgan fingerprint density at radius 3 is 2.30 bits per heavy atom. The molecule has 5 nitrogen and oxygen atoms in total. The number of hydrogen-bond donors (Lipinski definition) is 2. The first-order valence-corrected chi connectivity index (χ1v) is 16.6. The van der Waals surface area contributed by atoms with E-state index in [1.807, 2.05) is 30.3 Å². The number of halogens is 1. The Bertz CT molecular complexity index is 1530. The molecule has 3 aliphatic rings. The van der Waals surface area contributed by atoms with Crippen LogP contribution in [0.4, 0.5) is 4.39 Å². The van der Waals surface area contributed by atoms with Crippen LogP contribution in [0.15, 0.2) is 71.9 Å². The molecule has 44 heavy (non-hydrogen) atoms. The topological polar surface area (TPSA) is 61.0 Å². The molecule has 2 fully saturated rings. The number of fused-ring (bicyclic) bond motifs is 1. The van der Waals surface area contributed by atoms with Crippen LogP contribution in [0.2, 0.25) is 0 Å². The summed E-state index contributed by atoms with van der Waals surface area (Å²) in [5.74, 6) is 2.77. The third kappa shape index (κ3) is 6.43. The Morgan fingerprint density at radius 2 is 1.70 bits per heavy atom. The highest BCUT2D eigenvalue weighted by Crippen LogP contribution is 2.49. The van der Waals surface area contributed by atoms with Gasteiger partial charge in [-0.05, 0) is 94.0 Å². The van der Waals surface area contributed by atoms with E-state index in [4.69, 9.17) is 4.99 Å². The molecule has 2 aromatic carbocycles. The van der Waals surface area contributed by atoms with Gasteiger partial charge in [-0.2, -0.15) is 0 Å². The highest BCUT2D eigenvalue weighted by Gasteiger charge is 2.47. The van der Waals surface area contributed by atoms with Gasteiger partial charge in [-0.3, -0.25) is 4.99 Å². The summed E-state index contributed by atoms with van der Waals surface area (Å²) < 4.78 is 16.1. The summed E-state index contributed by atoms with van der Waals surface area (Å²) in [7, 11) is 0. The zero-order valence-corrected chi connectivity index (χ0v) is 26.7. The molecule has 0 saturated heterocycles. The number of rotatable bonds is 12. The monoisotopic (exact) mass is 597 g/mol. The minimum Gasteiger partial charge on any atom is -0.393 e. The highest BCUT2D eigenvalue weighted by molar-refractivity contribution is 6.01. The van der Waals surface area contributed by atoms with Crippen LogP contribution in [0, 0.1) is 23.6 Å². The van der Waals surface area contributed by atoms with Gasteiger partial charge in [-0.15, -0.1) is 0 Å². The minimum absolute atomic E-state index is 0.167. The summed E-state index contributed by atoms with van der Waals surface area (Å²) in [4.78, 5) is 7.47.